The predicted octanol–water partition coefficient (Wildman–Crippen LogP) is 1.90. The number of ether oxygens (including phenoxy) is 1. The van der Waals surface area contributed by atoms with Crippen molar-refractivity contribution in [2.24, 2.45) is 0 Å². The molecule has 0 radical (unpaired) electrons. The van der Waals surface area contributed by atoms with E-state index in [0.29, 0.717) is 11.6 Å². The van der Waals surface area contributed by atoms with Gasteiger partial charge in [-0.1, -0.05) is 0 Å². The van der Waals surface area contributed by atoms with E-state index in [2.05, 4.69) is 20.3 Å². The molecule has 5 nitrogen and oxygen atoms in total. The van der Waals surface area contributed by atoms with Crippen molar-refractivity contribution in [3.63, 3.8) is 0 Å². The van der Waals surface area contributed by atoms with Crippen LogP contribution in [0, 0.1) is 6.92 Å². The van der Waals surface area contributed by atoms with E-state index in [1.807, 2.05) is 13.0 Å². The molecular weight excluding hydrogens is 216 g/mol. The van der Waals surface area contributed by atoms with Crippen LogP contribution in [0.4, 0.5) is 5.82 Å². The zero-order valence-corrected chi connectivity index (χ0v) is 10.1. The number of hydrogen-bond acceptors (Lipinski definition) is 5. The Morgan fingerprint density at radius 3 is 2.71 bits per heavy atom. The lowest BCUT2D eigenvalue weighted by Gasteiger charge is -2.11. The van der Waals surface area contributed by atoms with Gasteiger partial charge in [-0.15, -0.1) is 0 Å². The highest BCUT2D eigenvalue weighted by Crippen LogP contribution is 2.32. The summed E-state index contributed by atoms with van der Waals surface area (Å²) in [7, 11) is 3.40. The van der Waals surface area contributed by atoms with Crippen LogP contribution in [0.3, 0.4) is 0 Å². The number of methoxy groups -OCH3 is 1. The molecule has 0 amide bonds. The molecule has 0 saturated heterocycles. The van der Waals surface area contributed by atoms with Crippen molar-refractivity contribution in [1.82, 2.24) is 15.0 Å². The summed E-state index contributed by atoms with van der Waals surface area (Å²) < 4.78 is 5.35. The molecule has 0 saturated carbocycles. The Morgan fingerprint density at radius 2 is 2.06 bits per heavy atom. The van der Waals surface area contributed by atoms with Crippen molar-refractivity contribution in [2.75, 3.05) is 19.5 Å². The van der Waals surface area contributed by atoms with Crippen molar-refractivity contribution in [3.8, 4) is 17.0 Å². The Labute approximate surface area is 99.9 Å². The highest BCUT2D eigenvalue weighted by Gasteiger charge is 2.12. The van der Waals surface area contributed by atoms with Crippen molar-refractivity contribution in [1.29, 1.82) is 0 Å². The summed E-state index contributed by atoms with van der Waals surface area (Å²) in [5.41, 5.74) is 2.73. The fourth-order valence-electron chi connectivity index (χ4n) is 1.64. The Bertz CT molecular complexity index is 528. The lowest BCUT2D eigenvalue weighted by atomic mass is 10.1. The van der Waals surface area contributed by atoms with Crippen molar-refractivity contribution in [3.05, 3.63) is 30.4 Å². The number of nitrogens with zero attached hydrogens (tertiary/aromatic N) is 3. The summed E-state index contributed by atoms with van der Waals surface area (Å²) in [6.07, 6.45) is 5.07. The number of pyridine rings is 1. The maximum Gasteiger partial charge on any atom is 0.187 e. The van der Waals surface area contributed by atoms with Gasteiger partial charge in [-0.25, -0.2) is 9.97 Å². The summed E-state index contributed by atoms with van der Waals surface area (Å²) in [6, 6.07) is 2.01. The van der Waals surface area contributed by atoms with Gasteiger partial charge in [0.1, 0.15) is 12.0 Å². The molecular formula is C12H14N4O. The lowest BCUT2D eigenvalue weighted by Crippen LogP contribution is -2.00. The van der Waals surface area contributed by atoms with E-state index in [9.17, 15) is 0 Å². The number of nitrogens with one attached hydrogen (secondary N) is 1. The molecule has 0 fully saturated rings. The van der Waals surface area contributed by atoms with E-state index in [4.69, 9.17) is 4.74 Å². The van der Waals surface area contributed by atoms with E-state index < -0.39 is 0 Å². The minimum absolute atomic E-state index is 0.627. The standard InChI is InChI=1S/C12H14N4O/c1-8-4-9(6-14-5-8)10-11(17-3)12(13-2)16-7-15-10/h4-7H,1-3H3,(H,13,15,16). The van der Waals surface area contributed by atoms with Gasteiger partial charge in [0, 0.05) is 25.0 Å². The fourth-order valence-corrected chi connectivity index (χ4v) is 1.64. The van der Waals surface area contributed by atoms with Crippen LogP contribution in [0.25, 0.3) is 11.3 Å². The molecule has 0 aromatic carbocycles. The number of aromatic nitrogens is 3. The first kappa shape index (κ1) is 11.3. The molecule has 2 heterocycles. The SMILES string of the molecule is CNc1ncnc(-c2cncc(C)c2)c1OC. The van der Waals surface area contributed by atoms with Gasteiger partial charge in [-0.2, -0.15) is 0 Å². The summed E-state index contributed by atoms with van der Waals surface area (Å²) in [5.74, 6) is 1.29. The molecule has 2 aromatic rings. The first-order chi connectivity index (χ1) is 8.26. The molecule has 0 atom stereocenters. The molecule has 1 N–H and O–H groups in total. The smallest absolute Gasteiger partial charge is 0.187 e. The van der Waals surface area contributed by atoms with Crippen LogP contribution in [0.2, 0.25) is 0 Å². The monoisotopic (exact) mass is 230 g/mol. The van der Waals surface area contributed by atoms with Crippen LogP contribution in [-0.2, 0) is 0 Å². The molecule has 0 unspecified atom stereocenters. The van der Waals surface area contributed by atoms with E-state index >= 15 is 0 Å². The van der Waals surface area contributed by atoms with Crippen LogP contribution in [-0.4, -0.2) is 29.1 Å². The lowest BCUT2D eigenvalue weighted by molar-refractivity contribution is 0.415. The minimum atomic E-state index is 0.627. The van der Waals surface area contributed by atoms with Crippen LogP contribution < -0.4 is 10.1 Å². The van der Waals surface area contributed by atoms with Crippen molar-refractivity contribution < 1.29 is 4.74 Å². The molecule has 0 aliphatic rings. The number of rotatable bonds is 3. The molecule has 17 heavy (non-hydrogen) atoms. The van der Waals surface area contributed by atoms with Crippen LogP contribution in [0.5, 0.6) is 5.75 Å². The molecule has 2 rings (SSSR count). The third kappa shape index (κ3) is 2.18. The van der Waals surface area contributed by atoms with E-state index in [-0.39, 0.29) is 0 Å². The average Bonchev–Trinajstić information content (AvgIpc) is 2.37. The summed E-state index contributed by atoms with van der Waals surface area (Å²) in [6.45, 7) is 1.99. The molecule has 88 valence electrons. The van der Waals surface area contributed by atoms with Gasteiger partial charge >= 0.3 is 0 Å². The first-order valence-electron chi connectivity index (χ1n) is 5.25. The van der Waals surface area contributed by atoms with Gasteiger partial charge in [0.25, 0.3) is 0 Å². The molecule has 0 aliphatic heterocycles. The highest BCUT2D eigenvalue weighted by atomic mass is 16.5. The van der Waals surface area contributed by atoms with Gasteiger partial charge in [-0.3, -0.25) is 4.98 Å². The summed E-state index contributed by atoms with van der Waals surface area (Å²) in [5, 5.41) is 2.97. The Morgan fingerprint density at radius 1 is 1.24 bits per heavy atom. The quantitative estimate of drug-likeness (QED) is 0.872. The van der Waals surface area contributed by atoms with Gasteiger partial charge < -0.3 is 10.1 Å². The predicted molar refractivity (Wildman–Crippen MR) is 66.1 cm³/mol. The molecule has 5 heteroatoms. The number of hydrogen-bond donors (Lipinski definition) is 1. The Balaban J connectivity index is 2.59. The normalized spacial score (nSPS) is 10.1. The maximum absolute atomic E-state index is 5.35. The van der Waals surface area contributed by atoms with Gasteiger partial charge in [0.05, 0.1) is 7.11 Å². The topological polar surface area (TPSA) is 59.9 Å². The third-order valence-corrected chi connectivity index (χ3v) is 2.39. The van der Waals surface area contributed by atoms with Crippen molar-refractivity contribution in [2.45, 2.75) is 6.92 Å². The zero-order chi connectivity index (χ0) is 12.3. The third-order valence-electron chi connectivity index (χ3n) is 2.39. The molecule has 2 aromatic heterocycles. The molecule has 0 spiro atoms. The number of aryl methyl sites for hydroxylation is 1. The zero-order valence-electron chi connectivity index (χ0n) is 10.1. The molecule has 0 bridgehead atoms. The van der Waals surface area contributed by atoms with E-state index in [1.54, 1.807) is 26.6 Å². The maximum atomic E-state index is 5.35. The largest absolute Gasteiger partial charge is 0.491 e. The van der Waals surface area contributed by atoms with Crippen molar-refractivity contribution >= 4 is 5.82 Å². The summed E-state index contributed by atoms with van der Waals surface area (Å²) in [4.78, 5) is 12.5. The fraction of sp³-hybridized carbons (Fsp3) is 0.250. The van der Waals surface area contributed by atoms with Gasteiger partial charge in [0.2, 0.25) is 0 Å². The second kappa shape index (κ2) is 4.78. The van der Waals surface area contributed by atoms with E-state index in [1.165, 1.54) is 6.33 Å². The Hall–Kier alpha value is -2.17. The van der Waals surface area contributed by atoms with Gasteiger partial charge in [-0.05, 0) is 18.6 Å². The first-order valence-corrected chi connectivity index (χ1v) is 5.25. The summed E-state index contributed by atoms with van der Waals surface area (Å²) >= 11 is 0. The van der Waals surface area contributed by atoms with Gasteiger partial charge in [0.15, 0.2) is 11.6 Å². The Kier molecular flexibility index (Phi) is 3.18. The second-order valence-electron chi connectivity index (χ2n) is 3.61. The van der Waals surface area contributed by atoms with E-state index in [0.717, 1.165) is 16.8 Å². The second-order valence-corrected chi connectivity index (χ2v) is 3.61. The van der Waals surface area contributed by atoms with Crippen LogP contribution in [0.15, 0.2) is 24.8 Å². The molecule has 0 aliphatic carbocycles. The van der Waals surface area contributed by atoms with Crippen LogP contribution >= 0.6 is 0 Å². The minimum Gasteiger partial charge on any atom is -0.491 e. The highest BCUT2D eigenvalue weighted by molar-refractivity contribution is 5.72. The number of anilines is 1. The average molecular weight is 230 g/mol. The van der Waals surface area contributed by atoms with Crippen LogP contribution in [0.1, 0.15) is 5.56 Å².